The second-order valence-electron chi connectivity index (χ2n) is 7.44. The van der Waals surface area contributed by atoms with Gasteiger partial charge in [0.25, 0.3) is 0 Å². The lowest BCUT2D eigenvalue weighted by Gasteiger charge is -2.25. The Morgan fingerprint density at radius 1 is 0.786 bits per heavy atom. The Kier molecular flexibility index (Phi) is 11.0. The highest BCUT2D eigenvalue weighted by Crippen LogP contribution is 2.23. The molecule has 0 unspecified atom stereocenters. The van der Waals surface area contributed by atoms with Crippen molar-refractivity contribution >= 4 is 17.4 Å². The van der Waals surface area contributed by atoms with E-state index >= 15 is 0 Å². The Labute approximate surface area is 176 Å². The maximum atomic E-state index is 5.33. The van der Waals surface area contributed by atoms with Gasteiger partial charge in [0.1, 0.15) is 5.75 Å². The van der Waals surface area contributed by atoms with Gasteiger partial charge in [0, 0.05) is 23.7 Å². The molecule has 0 fully saturated rings. The molecule has 0 radical (unpaired) electrons. The van der Waals surface area contributed by atoms with Crippen LogP contribution in [0.15, 0.2) is 53.4 Å². The first-order chi connectivity index (χ1) is 13.8. The van der Waals surface area contributed by atoms with E-state index in [1.165, 1.54) is 67.5 Å². The summed E-state index contributed by atoms with van der Waals surface area (Å²) in [6, 6.07) is 17.5. The highest BCUT2D eigenvalue weighted by molar-refractivity contribution is 7.98. The van der Waals surface area contributed by atoms with Crippen molar-refractivity contribution in [3.05, 3.63) is 54.1 Å². The Balaban J connectivity index is 1.89. The molecule has 0 heterocycles. The van der Waals surface area contributed by atoms with E-state index in [1.54, 1.807) is 18.9 Å². The minimum atomic E-state index is 0.917. The van der Waals surface area contributed by atoms with E-state index in [2.05, 4.69) is 66.6 Å². The predicted octanol–water partition coefficient (Wildman–Crippen LogP) is 7.56. The zero-order valence-electron chi connectivity index (χ0n) is 18.0. The van der Waals surface area contributed by atoms with E-state index < -0.39 is 0 Å². The van der Waals surface area contributed by atoms with Gasteiger partial charge in [0.15, 0.2) is 0 Å². The Morgan fingerprint density at radius 2 is 1.39 bits per heavy atom. The SMILES string of the molecule is CCCCCCCCCCN(Cc1ccc(SC)cc1)c1ccc(OC)cc1. The Bertz CT molecular complexity index is 639. The number of ether oxygens (including phenoxy) is 1. The topological polar surface area (TPSA) is 12.5 Å². The van der Waals surface area contributed by atoms with E-state index in [0.717, 1.165) is 18.8 Å². The van der Waals surface area contributed by atoms with Gasteiger partial charge in [-0.05, 0) is 54.6 Å². The monoisotopic (exact) mass is 399 g/mol. The van der Waals surface area contributed by atoms with Crippen molar-refractivity contribution in [1.82, 2.24) is 0 Å². The molecule has 0 aliphatic heterocycles. The molecule has 154 valence electrons. The molecule has 3 heteroatoms. The number of methoxy groups -OCH3 is 1. The molecule has 0 atom stereocenters. The molecule has 0 amide bonds. The number of rotatable bonds is 14. The van der Waals surface area contributed by atoms with Crippen LogP contribution in [0.1, 0.15) is 63.9 Å². The van der Waals surface area contributed by atoms with Gasteiger partial charge in [-0.3, -0.25) is 0 Å². The Morgan fingerprint density at radius 3 is 1.96 bits per heavy atom. The van der Waals surface area contributed by atoms with Crippen molar-refractivity contribution in [1.29, 1.82) is 0 Å². The average Bonchev–Trinajstić information content (AvgIpc) is 2.75. The number of benzene rings is 2. The molecule has 0 spiro atoms. The summed E-state index contributed by atoms with van der Waals surface area (Å²) < 4.78 is 5.33. The fraction of sp³-hybridized carbons (Fsp3) is 0.520. The summed E-state index contributed by atoms with van der Waals surface area (Å²) in [4.78, 5) is 3.83. The molecule has 0 N–H and O–H groups in total. The van der Waals surface area contributed by atoms with Crippen molar-refractivity contribution in [2.75, 3.05) is 24.8 Å². The van der Waals surface area contributed by atoms with Crippen LogP contribution in [0.3, 0.4) is 0 Å². The molecule has 0 aliphatic carbocycles. The fourth-order valence-electron chi connectivity index (χ4n) is 3.48. The second-order valence-corrected chi connectivity index (χ2v) is 8.32. The summed E-state index contributed by atoms with van der Waals surface area (Å²) in [7, 11) is 1.72. The third kappa shape index (κ3) is 8.18. The summed E-state index contributed by atoms with van der Waals surface area (Å²) in [6.45, 7) is 4.34. The van der Waals surface area contributed by atoms with Gasteiger partial charge >= 0.3 is 0 Å². The molecule has 2 aromatic carbocycles. The normalized spacial score (nSPS) is 10.8. The maximum Gasteiger partial charge on any atom is 0.119 e. The van der Waals surface area contributed by atoms with Crippen molar-refractivity contribution < 1.29 is 4.74 Å². The molecular weight excluding hydrogens is 362 g/mol. The van der Waals surface area contributed by atoms with E-state index in [-0.39, 0.29) is 0 Å². The third-order valence-corrected chi connectivity index (χ3v) is 6.00. The van der Waals surface area contributed by atoms with E-state index in [4.69, 9.17) is 4.74 Å². The third-order valence-electron chi connectivity index (χ3n) is 5.25. The molecule has 2 nitrogen and oxygen atoms in total. The second kappa shape index (κ2) is 13.5. The summed E-state index contributed by atoms with van der Waals surface area (Å²) in [6.07, 6.45) is 13.0. The van der Waals surface area contributed by atoms with E-state index in [0.29, 0.717) is 0 Å². The lowest BCUT2D eigenvalue weighted by atomic mass is 10.1. The standard InChI is InChI=1S/C25H37NOS/c1-4-5-6-7-8-9-10-11-20-26(23-14-16-24(27-2)17-15-23)21-22-12-18-25(28-3)19-13-22/h12-19H,4-11,20-21H2,1-3H3. The van der Waals surface area contributed by atoms with Gasteiger partial charge in [-0.1, -0.05) is 64.0 Å². The zero-order chi connectivity index (χ0) is 20.0. The highest BCUT2D eigenvalue weighted by atomic mass is 32.2. The van der Waals surface area contributed by atoms with Crippen LogP contribution in [-0.4, -0.2) is 19.9 Å². The Hall–Kier alpha value is -1.61. The predicted molar refractivity (Wildman–Crippen MR) is 125 cm³/mol. The van der Waals surface area contributed by atoms with Crippen LogP contribution in [0, 0.1) is 0 Å². The molecule has 2 aromatic rings. The minimum absolute atomic E-state index is 0.917. The highest BCUT2D eigenvalue weighted by Gasteiger charge is 2.08. The number of unbranched alkanes of at least 4 members (excludes halogenated alkanes) is 7. The average molecular weight is 400 g/mol. The van der Waals surface area contributed by atoms with Gasteiger partial charge in [0.05, 0.1) is 7.11 Å². The first-order valence-electron chi connectivity index (χ1n) is 10.8. The molecule has 0 aliphatic rings. The van der Waals surface area contributed by atoms with Crippen LogP contribution >= 0.6 is 11.8 Å². The smallest absolute Gasteiger partial charge is 0.119 e. The number of hydrogen-bond donors (Lipinski definition) is 0. The van der Waals surface area contributed by atoms with Crippen molar-refractivity contribution in [3.63, 3.8) is 0 Å². The van der Waals surface area contributed by atoms with Gasteiger partial charge in [-0.15, -0.1) is 11.8 Å². The van der Waals surface area contributed by atoms with Crippen LogP contribution in [0.2, 0.25) is 0 Å². The van der Waals surface area contributed by atoms with Crippen LogP contribution in [0.25, 0.3) is 0 Å². The summed E-state index contributed by atoms with van der Waals surface area (Å²) in [5, 5.41) is 0. The molecule has 28 heavy (non-hydrogen) atoms. The first-order valence-corrected chi connectivity index (χ1v) is 12.0. The number of nitrogens with zero attached hydrogens (tertiary/aromatic N) is 1. The summed E-state index contributed by atoms with van der Waals surface area (Å²) in [5.74, 6) is 0.917. The maximum absolute atomic E-state index is 5.33. The first kappa shape index (κ1) is 22.7. The fourth-order valence-corrected chi connectivity index (χ4v) is 3.89. The number of hydrogen-bond acceptors (Lipinski definition) is 3. The lowest BCUT2D eigenvalue weighted by Crippen LogP contribution is -2.23. The quantitative estimate of drug-likeness (QED) is 0.240. The van der Waals surface area contributed by atoms with E-state index in [9.17, 15) is 0 Å². The van der Waals surface area contributed by atoms with Crippen LogP contribution in [0.4, 0.5) is 5.69 Å². The van der Waals surface area contributed by atoms with E-state index in [1.807, 2.05) is 0 Å². The van der Waals surface area contributed by atoms with Gasteiger partial charge in [-0.2, -0.15) is 0 Å². The van der Waals surface area contributed by atoms with Gasteiger partial charge in [0.2, 0.25) is 0 Å². The zero-order valence-corrected chi connectivity index (χ0v) is 18.8. The van der Waals surface area contributed by atoms with Crippen molar-refractivity contribution in [2.45, 2.75) is 69.7 Å². The minimum Gasteiger partial charge on any atom is -0.497 e. The van der Waals surface area contributed by atoms with Crippen molar-refractivity contribution in [3.8, 4) is 5.75 Å². The van der Waals surface area contributed by atoms with Crippen LogP contribution in [-0.2, 0) is 6.54 Å². The lowest BCUT2D eigenvalue weighted by molar-refractivity contribution is 0.415. The molecule has 2 rings (SSSR count). The van der Waals surface area contributed by atoms with Gasteiger partial charge in [-0.25, -0.2) is 0 Å². The summed E-state index contributed by atoms with van der Waals surface area (Å²) in [5.41, 5.74) is 2.64. The number of anilines is 1. The largest absolute Gasteiger partial charge is 0.497 e. The summed E-state index contributed by atoms with van der Waals surface area (Å²) >= 11 is 1.80. The van der Waals surface area contributed by atoms with Crippen molar-refractivity contribution in [2.24, 2.45) is 0 Å². The molecule has 0 aromatic heterocycles. The molecule has 0 saturated heterocycles. The molecular formula is C25H37NOS. The van der Waals surface area contributed by atoms with Crippen LogP contribution < -0.4 is 9.64 Å². The number of thioether (sulfide) groups is 1. The van der Waals surface area contributed by atoms with Crippen LogP contribution in [0.5, 0.6) is 5.75 Å². The molecule has 0 saturated carbocycles. The molecule has 0 bridgehead atoms. The van der Waals surface area contributed by atoms with Gasteiger partial charge < -0.3 is 9.64 Å².